The first kappa shape index (κ1) is 18.5. The monoisotopic (exact) mass is 351 g/mol. The van der Waals surface area contributed by atoms with Crippen LogP contribution in [0.15, 0.2) is 42.5 Å². The van der Waals surface area contributed by atoms with Crippen molar-refractivity contribution in [3.8, 4) is 0 Å². The van der Waals surface area contributed by atoms with Crippen LogP contribution >= 0.6 is 0 Å². The molecule has 0 saturated heterocycles. The van der Waals surface area contributed by atoms with E-state index in [1.165, 1.54) is 30.3 Å². The lowest BCUT2D eigenvalue weighted by atomic mass is 10.0. The minimum absolute atomic E-state index is 0.0540. The number of carbonyl (C=O) groups is 2. The van der Waals surface area contributed by atoms with Gasteiger partial charge in [-0.15, -0.1) is 0 Å². The van der Waals surface area contributed by atoms with Crippen molar-refractivity contribution in [2.75, 3.05) is 7.11 Å². The number of carbonyl (C=O) groups excluding carboxylic acids is 2. The van der Waals surface area contributed by atoms with Crippen LogP contribution in [0.4, 0.5) is 13.2 Å². The fourth-order valence-electron chi connectivity index (χ4n) is 2.30. The zero-order valence-corrected chi connectivity index (χ0v) is 13.4. The molecule has 4 nitrogen and oxygen atoms in total. The quantitative estimate of drug-likeness (QED) is 0.814. The van der Waals surface area contributed by atoms with Crippen molar-refractivity contribution in [2.24, 2.45) is 0 Å². The second-order valence-corrected chi connectivity index (χ2v) is 5.35. The zero-order valence-electron chi connectivity index (χ0n) is 13.4. The van der Waals surface area contributed by atoms with Gasteiger partial charge in [0.2, 0.25) is 5.91 Å². The van der Waals surface area contributed by atoms with E-state index < -0.39 is 41.8 Å². The molecule has 2 aromatic carbocycles. The molecular formula is C18H16F3NO3. The number of hydrogen-bond acceptors (Lipinski definition) is 3. The number of rotatable bonds is 6. The standard InChI is InChI=1S/C18H16F3NO3/c1-25-18(24)16(9-11-5-7-12(19)8-6-11)22-17(23)10-13-14(20)3-2-4-15(13)21/h2-8,16H,9-10H2,1H3,(H,22,23)/t16-/m1/s1. The van der Waals surface area contributed by atoms with Gasteiger partial charge in [0.15, 0.2) is 0 Å². The maximum absolute atomic E-state index is 13.6. The average Bonchev–Trinajstić information content (AvgIpc) is 2.59. The molecule has 0 saturated carbocycles. The number of benzene rings is 2. The molecule has 2 rings (SSSR count). The van der Waals surface area contributed by atoms with Crippen LogP contribution in [0.5, 0.6) is 0 Å². The highest BCUT2D eigenvalue weighted by atomic mass is 19.1. The van der Waals surface area contributed by atoms with E-state index in [2.05, 4.69) is 10.1 Å². The van der Waals surface area contributed by atoms with E-state index in [1.54, 1.807) is 0 Å². The van der Waals surface area contributed by atoms with Gasteiger partial charge in [-0.05, 0) is 29.8 Å². The van der Waals surface area contributed by atoms with Gasteiger partial charge in [0.1, 0.15) is 23.5 Å². The third-order valence-corrected chi connectivity index (χ3v) is 3.57. The highest BCUT2D eigenvalue weighted by molar-refractivity contribution is 5.85. The summed E-state index contributed by atoms with van der Waals surface area (Å²) < 4.78 is 44.8. The van der Waals surface area contributed by atoms with E-state index in [9.17, 15) is 22.8 Å². The first-order valence-electron chi connectivity index (χ1n) is 7.45. The molecule has 1 N–H and O–H groups in total. The topological polar surface area (TPSA) is 55.4 Å². The molecule has 0 aliphatic carbocycles. The smallest absolute Gasteiger partial charge is 0.328 e. The van der Waals surface area contributed by atoms with Gasteiger partial charge in [-0.1, -0.05) is 18.2 Å². The van der Waals surface area contributed by atoms with E-state index in [0.29, 0.717) is 5.56 Å². The van der Waals surface area contributed by atoms with Gasteiger partial charge in [0, 0.05) is 12.0 Å². The molecule has 2 aromatic rings. The first-order chi connectivity index (χ1) is 11.9. The van der Waals surface area contributed by atoms with Crippen LogP contribution in [0, 0.1) is 17.5 Å². The third kappa shape index (κ3) is 5.07. The average molecular weight is 351 g/mol. The molecule has 132 valence electrons. The Hall–Kier alpha value is -2.83. The minimum Gasteiger partial charge on any atom is -0.467 e. The van der Waals surface area contributed by atoms with E-state index in [1.807, 2.05) is 0 Å². The molecule has 0 heterocycles. The lowest BCUT2D eigenvalue weighted by Gasteiger charge is -2.17. The van der Waals surface area contributed by atoms with Crippen LogP contribution in [-0.4, -0.2) is 25.0 Å². The molecule has 0 bridgehead atoms. The number of ether oxygens (including phenoxy) is 1. The Balaban J connectivity index is 2.09. The molecule has 0 unspecified atom stereocenters. The van der Waals surface area contributed by atoms with Gasteiger partial charge in [-0.2, -0.15) is 0 Å². The summed E-state index contributed by atoms with van der Waals surface area (Å²) in [4.78, 5) is 23.9. The molecule has 0 spiro atoms. The SMILES string of the molecule is COC(=O)[C@@H](Cc1ccc(F)cc1)NC(=O)Cc1c(F)cccc1F. The summed E-state index contributed by atoms with van der Waals surface area (Å²) >= 11 is 0. The van der Waals surface area contributed by atoms with Crippen molar-refractivity contribution in [3.05, 3.63) is 71.0 Å². The second kappa shape index (κ2) is 8.32. The summed E-state index contributed by atoms with van der Waals surface area (Å²) in [6, 6.07) is 7.60. The van der Waals surface area contributed by atoms with Gasteiger partial charge in [0.25, 0.3) is 0 Å². The van der Waals surface area contributed by atoms with Gasteiger partial charge in [-0.25, -0.2) is 18.0 Å². The largest absolute Gasteiger partial charge is 0.467 e. The minimum atomic E-state index is -1.06. The van der Waals surface area contributed by atoms with Crippen LogP contribution in [0.1, 0.15) is 11.1 Å². The normalized spacial score (nSPS) is 11.7. The number of halogens is 3. The number of esters is 1. The Kier molecular flexibility index (Phi) is 6.16. The van der Waals surface area contributed by atoms with Gasteiger partial charge in [-0.3, -0.25) is 4.79 Å². The molecule has 1 atom stereocenters. The highest BCUT2D eigenvalue weighted by Crippen LogP contribution is 2.13. The summed E-state index contributed by atoms with van der Waals surface area (Å²) in [6.45, 7) is 0. The van der Waals surface area contributed by atoms with Crippen LogP contribution in [0.3, 0.4) is 0 Å². The summed E-state index contributed by atoms with van der Waals surface area (Å²) in [5.41, 5.74) is 0.208. The molecule has 0 radical (unpaired) electrons. The van der Waals surface area contributed by atoms with Crippen LogP contribution in [0.2, 0.25) is 0 Å². The Bertz CT molecular complexity index is 742. The fourth-order valence-corrected chi connectivity index (χ4v) is 2.30. The van der Waals surface area contributed by atoms with Crippen molar-refractivity contribution in [3.63, 3.8) is 0 Å². The van der Waals surface area contributed by atoms with Crippen LogP contribution in [-0.2, 0) is 27.2 Å². The van der Waals surface area contributed by atoms with E-state index >= 15 is 0 Å². The maximum Gasteiger partial charge on any atom is 0.328 e. The van der Waals surface area contributed by atoms with Crippen molar-refractivity contribution in [1.82, 2.24) is 5.32 Å². The Labute approximate surface area is 142 Å². The predicted molar refractivity (Wildman–Crippen MR) is 84.1 cm³/mol. The van der Waals surface area contributed by atoms with E-state index in [4.69, 9.17) is 0 Å². The number of hydrogen-bond donors (Lipinski definition) is 1. The molecule has 0 aromatic heterocycles. The Morgan fingerprint density at radius 2 is 1.64 bits per heavy atom. The van der Waals surface area contributed by atoms with Gasteiger partial charge >= 0.3 is 5.97 Å². The lowest BCUT2D eigenvalue weighted by molar-refractivity contribution is -0.145. The van der Waals surface area contributed by atoms with Gasteiger partial charge < -0.3 is 10.1 Å². The highest BCUT2D eigenvalue weighted by Gasteiger charge is 2.23. The zero-order chi connectivity index (χ0) is 18.4. The Morgan fingerprint density at radius 1 is 1.04 bits per heavy atom. The molecule has 0 aliphatic heterocycles. The Morgan fingerprint density at radius 3 is 2.20 bits per heavy atom. The second-order valence-electron chi connectivity index (χ2n) is 5.35. The summed E-state index contributed by atoms with van der Waals surface area (Å²) in [7, 11) is 1.16. The van der Waals surface area contributed by atoms with Crippen molar-refractivity contribution in [2.45, 2.75) is 18.9 Å². The van der Waals surface area contributed by atoms with Gasteiger partial charge in [0.05, 0.1) is 13.5 Å². The summed E-state index contributed by atoms with van der Waals surface area (Å²) in [5.74, 6) is -3.57. The summed E-state index contributed by atoms with van der Waals surface area (Å²) in [5, 5.41) is 2.39. The van der Waals surface area contributed by atoms with Crippen molar-refractivity contribution in [1.29, 1.82) is 0 Å². The third-order valence-electron chi connectivity index (χ3n) is 3.57. The molecule has 7 heteroatoms. The fraction of sp³-hybridized carbons (Fsp3) is 0.222. The van der Waals surface area contributed by atoms with Crippen molar-refractivity contribution < 1.29 is 27.5 Å². The lowest BCUT2D eigenvalue weighted by Crippen LogP contribution is -2.43. The van der Waals surface area contributed by atoms with E-state index in [-0.39, 0.29) is 12.0 Å². The molecule has 25 heavy (non-hydrogen) atoms. The van der Waals surface area contributed by atoms with Crippen molar-refractivity contribution >= 4 is 11.9 Å². The molecular weight excluding hydrogens is 335 g/mol. The maximum atomic E-state index is 13.6. The van der Waals surface area contributed by atoms with E-state index in [0.717, 1.165) is 19.2 Å². The predicted octanol–water partition coefficient (Wildman–Crippen LogP) is 2.55. The summed E-state index contributed by atoms with van der Waals surface area (Å²) in [6.07, 6.45) is -0.506. The molecule has 1 amide bonds. The molecule has 0 aliphatic rings. The molecule has 0 fully saturated rings. The number of methoxy groups -OCH3 is 1. The van der Waals surface area contributed by atoms with Crippen LogP contribution < -0.4 is 5.32 Å². The van der Waals surface area contributed by atoms with Crippen LogP contribution in [0.25, 0.3) is 0 Å². The number of amides is 1. The number of nitrogens with one attached hydrogen (secondary N) is 1. The first-order valence-corrected chi connectivity index (χ1v) is 7.45.